The largest absolute Gasteiger partial charge is 0.314 e. The van der Waals surface area contributed by atoms with E-state index < -0.39 is 0 Å². The Bertz CT molecular complexity index is 373. The smallest absolute Gasteiger partial charge is 0.0132 e. The predicted molar refractivity (Wildman–Crippen MR) is 82.4 cm³/mol. The number of halogens is 1. The molecule has 1 nitrogen and oxygen atoms in total. The second-order valence-electron chi connectivity index (χ2n) is 5.31. The molecule has 0 bridgehead atoms. The SMILES string of the molecule is CCNC1CC(c2ccc(I)cc2)C1(C)CC. The lowest BCUT2D eigenvalue weighted by atomic mass is 9.54. The van der Waals surface area contributed by atoms with E-state index in [4.69, 9.17) is 0 Å². The molecule has 1 aromatic rings. The average Bonchev–Trinajstić information content (AvgIpc) is 2.34. The zero-order chi connectivity index (χ0) is 12.5. The fourth-order valence-electron chi connectivity index (χ4n) is 3.12. The third-order valence-electron chi connectivity index (χ3n) is 4.55. The summed E-state index contributed by atoms with van der Waals surface area (Å²) < 4.78 is 1.33. The highest BCUT2D eigenvalue weighted by Gasteiger charge is 2.50. The highest BCUT2D eigenvalue weighted by atomic mass is 127. The van der Waals surface area contributed by atoms with E-state index in [0.717, 1.165) is 12.5 Å². The van der Waals surface area contributed by atoms with Crippen LogP contribution in [0.25, 0.3) is 0 Å². The van der Waals surface area contributed by atoms with Crippen LogP contribution in [0.2, 0.25) is 0 Å². The second-order valence-corrected chi connectivity index (χ2v) is 6.56. The van der Waals surface area contributed by atoms with E-state index in [0.29, 0.717) is 11.5 Å². The zero-order valence-electron chi connectivity index (χ0n) is 11.0. The van der Waals surface area contributed by atoms with Gasteiger partial charge in [-0.2, -0.15) is 0 Å². The Morgan fingerprint density at radius 1 is 1.29 bits per heavy atom. The lowest BCUT2D eigenvalue weighted by molar-refractivity contribution is 0.0455. The molecule has 1 saturated carbocycles. The van der Waals surface area contributed by atoms with E-state index in [9.17, 15) is 0 Å². The standard InChI is InChI=1S/C15H22IN/c1-4-15(3)13(10-14(15)17-5-2)11-6-8-12(16)9-7-11/h6-9,13-14,17H,4-5,10H2,1-3H3. The normalized spacial score (nSPS) is 32.2. The number of nitrogens with one attached hydrogen (secondary N) is 1. The van der Waals surface area contributed by atoms with Crippen LogP contribution in [0.15, 0.2) is 24.3 Å². The van der Waals surface area contributed by atoms with Crippen molar-refractivity contribution < 1.29 is 0 Å². The monoisotopic (exact) mass is 343 g/mol. The van der Waals surface area contributed by atoms with E-state index in [1.807, 2.05) is 0 Å². The lowest BCUT2D eigenvalue weighted by Crippen LogP contribution is -2.56. The van der Waals surface area contributed by atoms with Crippen LogP contribution in [0, 0.1) is 8.99 Å². The number of hydrogen-bond donors (Lipinski definition) is 1. The summed E-state index contributed by atoms with van der Waals surface area (Å²) in [6.45, 7) is 8.05. The summed E-state index contributed by atoms with van der Waals surface area (Å²) in [5.41, 5.74) is 1.95. The van der Waals surface area contributed by atoms with Crippen molar-refractivity contribution in [3.63, 3.8) is 0 Å². The molecule has 2 heteroatoms. The van der Waals surface area contributed by atoms with Gasteiger partial charge in [0.05, 0.1) is 0 Å². The first-order valence-electron chi connectivity index (χ1n) is 6.60. The molecule has 0 amide bonds. The first-order valence-corrected chi connectivity index (χ1v) is 7.68. The molecule has 94 valence electrons. The van der Waals surface area contributed by atoms with Crippen molar-refractivity contribution in [2.75, 3.05) is 6.54 Å². The van der Waals surface area contributed by atoms with Crippen LogP contribution in [0.1, 0.15) is 45.1 Å². The Morgan fingerprint density at radius 2 is 1.94 bits per heavy atom. The molecular weight excluding hydrogens is 321 g/mol. The van der Waals surface area contributed by atoms with Crippen molar-refractivity contribution in [1.82, 2.24) is 5.32 Å². The minimum Gasteiger partial charge on any atom is -0.314 e. The van der Waals surface area contributed by atoms with Gasteiger partial charge in [0.1, 0.15) is 0 Å². The summed E-state index contributed by atoms with van der Waals surface area (Å²) in [6.07, 6.45) is 2.54. The molecule has 0 heterocycles. The fourth-order valence-corrected chi connectivity index (χ4v) is 3.48. The summed E-state index contributed by atoms with van der Waals surface area (Å²) in [6, 6.07) is 9.77. The summed E-state index contributed by atoms with van der Waals surface area (Å²) in [5.74, 6) is 0.730. The molecule has 1 aliphatic rings. The van der Waals surface area contributed by atoms with Crippen molar-refractivity contribution in [3.8, 4) is 0 Å². The van der Waals surface area contributed by atoms with Gasteiger partial charge in [0.25, 0.3) is 0 Å². The van der Waals surface area contributed by atoms with E-state index in [1.165, 1.54) is 22.0 Å². The van der Waals surface area contributed by atoms with Gasteiger partial charge in [-0.05, 0) is 71.0 Å². The first-order chi connectivity index (χ1) is 8.11. The number of hydrogen-bond acceptors (Lipinski definition) is 1. The lowest BCUT2D eigenvalue weighted by Gasteiger charge is -2.55. The molecule has 0 aromatic heterocycles. The summed E-state index contributed by atoms with van der Waals surface area (Å²) in [7, 11) is 0. The molecule has 0 radical (unpaired) electrons. The van der Waals surface area contributed by atoms with Crippen LogP contribution in [-0.4, -0.2) is 12.6 Å². The molecule has 0 saturated heterocycles. The minimum atomic E-state index is 0.433. The van der Waals surface area contributed by atoms with Crippen LogP contribution in [0.4, 0.5) is 0 Å². The highest BCUT2D eigenvalue weighted by Crippen LogP contribution is 2.54. The van der Waals surface area contributed by atoms with Gasteiger partial charge in [0.2, 0.25) is 0 Å². The van der Waals surface area contributed by atoms with Crippen molar-refractivity contribution in [1.29, 1.82) is 0 Å². The molecule has 3 unspecified atom stereocenters. The molecule has 1 fully saturated rings. The van der Waals surface area contributed by atoms with Gasteiger partial charge in [0, 0.05) is 9.61 Å². The average molecular weight is 343 g/mol. The molecule has 0 spiro atoms. The van der Waals surface area contributed by atoms with Gasteiger partial charge in [0.15, 0.2) is 0 Å². The number of benzene rings is 1. The maximum atomic E-state index is 3.63. The first kappa shape index (κ1) is 13.3. The van der Waals surface area contributed by atoms with Crippen LogP contribution in [-0.2, 0) is 0 Å². The minimum absolute atomic E-state index is 0.433. The third kappa shape index (κ3) is 2.39. The second kappa shape index (κ2) is 5.27. The third-order valence-corrected chi connectivity index (χ3v) is 5.27. The van der Waals surface area contributed by atoms with Crippen LogP contribution in [0.3, 0.4) is 0 Å². The fraction of sp³-hybridized carbons (Fsp3) is 0.600. The number of rotatable bonds is 4. The van der Waals surface area contributed by atoms with Crippen molar-refractivity contribution in [2.45, 2.75) is 45.6 Å². The summed E-state index contributed by atoms with van der Waals surface area (Å²) in [5, 5.41) is 3.63. The molecule has 1 aromatic carbocycles. The van der Waals surface area contributed by atoms with E-state index in [1.54, 1.807) is 0 Å². The molecule has 3 atom stereocenters. The Balaban J connectivity index is 2.16. The molecule has 2 rings (SSSR count). The van der Waals surface area contributed by atoms with Crippen LogP contribution < -0.4 is 5.32 Å². The van der Waals surface area contributed by atoms with Gasteiger partial charge in [-0.15, -0.1) is 0 Å². The Labute approximate surface area is 119 Å². The Hall–Kier alpha value is -0.0900. The quantitative estimate of drug-likeness (QED) is 0.809. The van der Waals surface area contributed by atoms with Crippen LogP contribution >= 0.6 is 22.6 Å². The van der Waals surface area contributed by atoms with Gasteiger partial charge < -0.3 is 5.32 Å². The topological polar surface area (TPSA) is 12.0 Å². The summed E-state index contributed by atoms with van der Waals surface area (Å²) >= 11 is 2.37. The summed E-state index contributed by atoms with van der Waals surface area (Å²) in [4.78, 5) is 0. The maximum Gasteiger partial charge on any atom is 0.0132 e. The highest BCUT2D eigenvalue weighted by molar-refractivity contribution is 14.1. The van der Waals surface area contributed by atoms with Gasteiger partial charge in [-0.3, -0.25) is 0 Å². The molecule has 1 N–H and O–H groups in total. The van der Waals surface area contributed by atoms with Gasteiger partial charge in [-0.1, -0.05) is 32.9 Å². The molecule has 1 aliphatic carbocycles. The van der Waals surface area contributed by atoms with Crippen LogP contribution in [0.5, 0.6) is 0 Å². The molecule has 0 aliphatic heterocycles. The molecule has 17 heavy (non-hydrogen) atoms. The van der Waals surface area contributed by atoms with Gasteiger partial charge in [-0.25, -0.2) is 0 Å². The van der Waals surface area contributed by atoms with Crippen molar-refractivity contribution >= 4 is 22.6 Å². The Morgan fingerprint density at radius 3 is 2.47 bits per heavy atom. The zero-order valence-corrected chi connectivity index (χ0v) is 13.1. The van der Waals surface area contributed by atoms with Crippen molar-refractivity contribution in [3.05, 3.63) is 33.4 Å². The van der Waals surface area contributed by atoms with E-state index in [-0.39, 0.29) is 0 Å². The van der Waals surface area contributed by atoms with E-state index in [2.05, 4.69) is 72.9 Å². The Kier molecular flexibility index (Phi) is 4.14. The predicted octanol–water partition coefficient (Wildman–Crippen LogP) is 4.17. The maximum absolute atomic E-state index is 3.63. The van der Waals surface area contributed by atoms with Gasteiger partial charge >= 0.3 is 0 Å². The van der Waals surface area contributed by atoms with Crippen molar-refractivity contribution in [2.24, 2.45) is 5.41 Å². The van der Waals surface area contributed by atoms with E-state index >= 15 is 0 Å². The molecular formula is C15H22IN.